The summed E-state index contributed by atoms with van der Waals surface area (Å²) < 4.78 is 64.5. The highest BCUT2D eigenvalue weighted by Crippen LogP contribution is 2.36. The summed E-state index contributed by atoms with van der Waals surface area (Å²) in [5, 5.41) is 3.10. The summed E-state index contributed by atoms with van der Waals surface area (Å²) in [7, 11) is 0. The van der Waals surface area contributed by atoms with E-state index in [1.807, 2.05) is 12.1 Å². The molecule has 1 fully saturated rings. The van der Waals surface area contributed by atoms with Gasteiger partial charge in [0.1, 0.15) is 18.0 Å². The number of hydrogen-bond acceptors (Lipinski definition) is 3. The molecule has 1 heterocycles. The van der Waals surface area contributed by atoms with Gasteiger partial charge in [0.05, 0.1) is 5.56 Å². The van der Waals surface area contributed by atoms with E-state index < -0.39 is 23.7 Å². The third-order valence-corrected chi connectivity index (χ3v) is 4.69. The maximum Gasteiger partial charge on any atom is 0.419 e. The molecule has 0 aliphatic carbocycles. The van der Waals surface area contributed by atoms with Gasteiger partial charge < -0.3 is 14.8 Å². The zero-order valence-electron chi connectivity index (χ0n) is 13.7. The fourth-order valence-corrected chi connectivity index (χ4v) is 2.93. The van der Waals surface area contributed by atoms with Gasteiger partial charge in [0.2, 0.25) is 0 Å². The van der Waals surface area contributed by atoms with Crippen LogP contribution in [0, 0.1) is 9.39 Å². The van der Waals surface area contributed by atoms with Gasteiger partial charge in [-0.1, -0.05) is 6.07 Å². The molecule has 1 aliphatic rings. The van der Waals surface area contributed by atoms with Crippen molar-refractivity contribution in [3.05, 3.63) is 56.9 Å². The number of rotatable bonds is 5. The van der Waals surface area contributed by atoms with E-state index in [9.17, 15) is 17.6 Å². The predicted molar refractivity (Wildman–Crippen MR) is 96.9 cm³/mol. The summed E-state index contributed by atoms with van der Waals surface area (Å²) in [5.74, 6) is -0.294. The monoisotopic (exact) mass is 481 g/mol. The molecule has 1 saturated heterocycles. The lowest BCUT2D eigenvalue weighted by Crippen LogP contribution is -2.50. The molecule has 0 spiro atoms. The second-order valence-corrected chi connectivity index (χ2v) is 7.23. The average Bonchev–Trinajstić information content (AvgIpc) is 2.51. The van der Waals surface area contributed by atoms with Gasteiger partial charge in [0.15, 0.2) is 11.5 Å². The predicted octanol–water partition coefficient (Wildman–Crippen LogP) is 4.94. The number of hydrogen-bond donors (Lipinski definition) is 1. The summed E-state index contributed by atoms with van der Waals surface area (Å²) in [6.07, 6.45) is -5.32. The van der Waals surface area contributed by atoms with Crippen LogP contribution in [-0.2, 0) is 6.18 Å². The van der Waals surface area contributed by atoms with E-state index in [1.54, 1.807) is 13.0 Å². The van der Waals surface area contributed by atoms with Crippen LogP contribution in [0.2, 0.25) is 0 Å². The lowest BCUT2D eigenvalue weighted by atomic mass is 10.1. The highest BCUT2D eigenvalue weighted by Gasteiger charge is 2.34. The van der Waals surface area contributed by atoms with Crippen LogP contribution in [0.1, 0.15) is 24.2 Å². The van der Waals surface area contributed by atoms with Gasteiger partial charge >= 0.3 is 6.18 Å². The molecule has 140 valence electrons. The van der Waals surface area contributed by atoms with Crippen molar-refractivity contribution in [2.75, 3.05) is 13.1 Å². The second kappa shape index (κ2) is 7.59. The van der Waals surface area contributed by atoms with E-state index in [-0.39, 0.29) is 6.10 Å². The van der Waals surface area contributed by atoms with Crippen molar-refractivity contribution in [2.24, 2.45) is 0 Å². The molecular weight excluding hydrogens is 465 g/mol. The van der Waals surface area contributed by atoms with Crippen molar-refractivity contribution in [1.29, 1.82) is 0 Å². The van der Waals surface area contributed by atoms with Crippen molar-refractivity contribution in [3.63, 3.8) is 0 Å². The van der Waals surface area contributed by atoms with Crippen LogP contribution in [0.5, 0.6) is 11.5 Å². The van der Waals surface area contributed by atoms with E-state index in [4.69, 9.17) is 9.47 Å². The smallest absolute Gasteiger partial charge is 0.419 e. The highest BCUT2D eigenvalue weighted by molar-refractivity contribution is 14.1. The number of ether oxygens (including phenoxy) is 2. The molecule has 0 saturated carbocycles. The summed E-state index contributed by atoms with van der Waals surface area (Å²) in [5.41, 5.74) is -0.977. The third kappa shape index (κ3) is 4.40. The van der Waals surface area contributed by atoms with Crippen LogP contribution in [0.4, 0.5) is 17.6 Å². The first-order valence-corrected chi connectivity index (χ1v) is 9.02. The molecule has 1 unspecified atom stereocenters. The van der Waals surface area contributed by atoms with Crippen LogP contribution in [-0.4, -0.2) is 19.2 Å². The molecule has 8 heteroatoms. The van der Waals surface area contributed by atoms with Gasteiger partial charge in [-0.25, -0.2) is 4.39 Å². The van der Waals surface area contributed by atoms with Crippen molar-refractivity contribution >= 4 is 22.6 Å². The van der Waals surface area contributed by atoms with Crippen molar-refractivity contribution in [1.82, 2.24) is 5.32 Å². The molecule has 2 aromatic rings. The van der Waals surface area contributed by atoms with E-state index >= 15 is 0 Å². The molecule has 2 aromatic carbocycles. The van der Waals surface area contributed by atoms with Gasteiger partial charge in [0, 0.05) is 16.7 Å². The van der Waals surface area contributed by atoms with Gasteiger partial charge in [0.25, 0.3) is 0 Å². The standard InChI is InChI=1S/C18H16F4INO2/c1-10(11-2-4-14(15(19)6-11)18(20,21)22)25-16-5-3-12(23)7-17(16)26-13-8-24-9-13/h2-7,10,13,24H,8-9H2,1H3. The lowest BCUT2D eigenvalue weighted by Gasteiger charge is -2.29. The molecule has 3 nitrogen and oxygen atoms in total. The minimum atomic E-state index is -4.72. The topological polar surface area (TPSA) is 30.5 Å². The van der Waals surface area contributed by atoms with E-state index in [2.05, 4.69) is 27.9 Å². The average molecular weight is 481 g/mol. The largest absolute Gasteiger partial charge is 0.484 e. The Hall–Kier alpha value is -1.55. The fraction of sp³-hybridized carbons (Fsp3) is 0.333. The number of nitrogens with one attached hydrogen (secondary N) is 1. The van der Waals surface area contributed by atoms with Gasteiger partial charge in [-0.2, -0.15) is 13.2 Å². The maximum atomic E-state index is 13.8. The zero-order valence-corrected chi connectivity index (χ0v) is 15.9. The Kier molecular flexibility index (Phi) is 5.61. The lowest BCUT2D eigenvalue weighted by molar-refractivity contribution is -0.140. The Balaban J connectivity index is 1.79. The minimum absolute atomic E-state index is 0.0503. The quantitative estimate of drug-likeness (QED) is 0.485. The third-order valence-electron chi connectivity index (χ3n) is 4.02. The normalized spacial score (nSPS) is 16.1. The van der Waals surface area contributed by atoms with E-state index in [0.717, 1.165) is 28.8 Å². The van der Waals surface area contributed by atoms with Gasteiger partial charge in [-0.3, -0.25) is 0 Å². The Labute approximate surface area is 161 Å². The Morgan fingerprint density at radius 2 is 1.85 bits per heavy atom. The molecular formula is C18H16F4INO2. The summed E-state index contributed by atoms with van der Waals surface area (Å²) >= 11 is 2.15. The molecule has 0 bridgehead atoms. The summed E-state index contributed by atoms with van der Waals surface area (Å²) in [6.45, 7) is 3.13. The first kappa shape index (κ1) is 19.2. The second-order valence-electron chi connectivity index (χ2n) is 5.99. The molecule has 0 aromatic heterocycles. The molecule has 1 aliphatic heterocycles. The number of alkyl halides is 3. The maximum absolute atomic E-state index is 13.8. The first-order valence-electron chi connectivity index (χ1n) is 7.94. The highest BCUT2D eigenvalue weighted by atomic mass is 127. The molecule has 1 N–H and O–H groups in total. The molecule has 0 radical (unpaired) electrons. The van der Waals surface area contributed by atoms with E-state index in [1.165, 1.54) is 6.07 Å². The number of halogens is 5. The van der Waals surface area contributed by atoms with Crippen LogP contribution < -0.4 is 14.8 Å². The van der Waals surface area contributed by atoms with Crippen LogP contribution in [0.25, 0.3) is 0 Å². The van der Waals surface area contributed by atoms with Crippen LogP contribution >= 0.6 is 22.6 Å². The van der Waals surface area contributed by atoms with E-state index in [0.29, 0.717) is 17.1 Å². The van der Waals surface area contributed by atoms with Gasteiger partial charge in [-0.05, 0) is 65.4 Å². The summed E-state index contributed by atoms with van der Waals surface area (Å²) in [4.78, 5) is 0. The first-order chi connectivity index (χ1) is 12.2. The molecule has 3 rings (SSSR count). The molecule has 26 heavy (non-hydrogen) atoms. The Bertz CT molecular complexity index is 793. The van der Waals surface area contributed by atoms with Crippen molar-refractivity contribution in [2.45, 2.75) is 25.3 Å². The zero-order chi connectivity index (χ0) is 18.9. The van der Waals surface area contributed by atoms with Crippen molar-refractivity contribution < 1.29 is 27.0 Å². The Morgan fingerprint density at radius 3 is 2.42 bits per heavy atom. The Morgan fingerprint density at radius 1 is 1.12 bits per heavy atom. The SMILES string of the molecule is CC(Oc1ccc(I)cc1OC1CNC1)c1ccc(C(F)(F)F)c(F)c1. The molecule has 1 atom stereocenters. The molecule has 0 amide bonds. The fourth-order valence-electron chi connectivity index (χ4n) is 2.47. The minimum Gasteiger partial charge on any atom is -0.484 e. The van der Waals surface area contributed by atoms with Gasteiger partial charge in [-0.15, -0.1) is 0 Å². The van der Waals surface area contributed by atoms with Crippen LogP contribution in [0.3, 0.4) is 0 Å². The summed E-state index contributed by atoms with van der Waals surface area (Å²) in [6, 6.07) is 8.21. The number of benzene rings is 2. The van der Waals surface area contributed by atoms with Crippen LogP contribution in [0.15, 0.2) is 36.4 Å². The van der Waals surface area contributed by atoms with Crippen molar-refractivity contribution in [3.8, 4) is 11.5 Å².